The van der Waals surface area contributed by atoms with Gasteiger partial charge in [-0.2, -0.15) is 0 Å². The van der Waals surface area contributed by atoms with E-state index in [0.29, 0.717) is 11.2 Å². The molecule has 0 bridgehead atoms. The zero-order chi connectivity index (χ0) is 10.1. The number of aromatic nitrogens is 1. The first-order valence-electron chi connectivity index (χ1n) is 4.77. The van der Waals surface area contributed by atoms with Crippen molar-refractivity contribution in [1.82, 2.24) is 9.88 Å². The summed E-state index contributed by atoms with van der Waals surface area (Å²) in [4.78, 5) is 7.44. The van der Waals surface area contributed by atoms with Crippen LogP contribution in [0.15, 0.2) is 6.20 Å². The van der Waals surface area contributed by atoms with Crippen LogP contribution in [0.2, 0.25) is 0 Å². The number of rotatable bonds is 2. The summed E-state index contributed by atoms with van der Waals surface area (Å²) in [6.07, 6.45) is 2.52. The van der Waals surface area contributed by atoms with Crippen LogP contribution in [-0.4, -0.2) is 33.7 Å². The number of thiazole rings is 1. The SMILES string of the molecule is CC1CC(O)CN1Cc1cnc(N)s1. The van der Waals surface area contributed by atoms with Gasteiger partial charge < -0.3 is 10.8 Å². The standard InChI is InChI=1S/C9H15N3OS/c1-6-2-7(13)4-12(6)5-8-3-11-9(10)14-8/h3,6-7,13H,2,4-5H2,1H3,(H2,10,11). The van der Waals surface area contributed by atoms with Crippen LogP contribution in [0.1, 0.15) is 18.2 Å². The smallest absolute Gasteiger partial charge is 0.180 e. The zero-order valence-corrected chi connectivity index (χ0v) is 9.00. The Morgan fingerprint density at radius 1 is 1.79 bits per heavy atom. The summed E-state index contributed by atoms with van der Waals surface area (Å²) in [6.45, 7) is 3.76. The van der Waals surface area contributed by atoms with Crippen molar-refractivity contribution in [2.45, 2.75) is 32.0 Å². The lowest BCUT2D eigenvalue weighted by Gasteiger charge is -2.18. The van der Waals surface area contributed by atoms with Crippen LogP contribution in [0, 0.1) is 0 Å². The maximum atomic E-state index is 9.47. The highest BCUT2D eigenvalue weighted by molar-refractivity contribution is 7.15. The number of likely N-dealkylation sites (tertiary alicyclic amines) is 1. The molecule has 4 nitrogen and oxygen atoms in total. The lowest BCUT2D eigenvalue weighted by Crippen LogP contribution is -2.26. The lowest BCUT2D eigenvalue weighted by atomic mass is 10.2. The van der Waals surface area contributed by atoms with E-state index in [0.717, 1.165) is 19.5 Å². The van der Waals surface area contributed by atoms with Crippen molar-refractivity contribution in [1.29, 1.82) is 0 Å². The van der Waals surface area contributed by atoms with E-state index in [1.165, 1.54) is 16.2 Å². The molecule has 14 heavy (non-hydrogen) atoms. The molecule has 0 aliphatic carbocycles. The number of hydrogen-bond acceptors (Lipinski definition) is 5. The third-order valence-electron chi connectivity index (χ3n) is 2.61. The third kappa shape index (κ3) is 2.05. The Bertz CT molecular complexity index is 315. The number of hydrogen-bond donors (Lipinski definition) is 2. The summed E-state index contributed by atoms with van der Waals surface area (Å²) in [6, 6.07) is 0.452. The Morgan fingerprint density at radius 3 is 3.07 bits per heavy atom. The van der Waals surface area contributed by atoms with Crippen molar-refractivity contribution in [2.24, 2.45) is 0 Å². The van der Waals surface area contributed by atoms with E-state index in [9.17, 15) is 5.11 Å². The largest absolute Gasteiger partial charge is 0.392 e. The summed E-state index contributed by atoms with van der Waals surface area (Å²) < 4.78 is 0. The zero-order valence-electron chi connectivity index (χ0n) is 8.18. The first-order chi connectivity index (χ1) is 6.65. The van der Waals surface area contributed by atoms with Crippen LogP contribution in [0.3, 0.4) is 0 Å². The maximum Gasteiger partial charge on any atom is 0.180 e. The van der Waals surface area contributed by atoms with E-state index in [-0.39, 0.29) is 6.10 Å². The Labute approximate surface area is 87.4 Å². The van der Waals surface area contributed by atoms with Crippen LogP contribution >= 0.6 is 11.3 Å². The number of β-amino-alcohol motifs (C(OH)–C–C–N with tert-alkyl or cyclic N) is 1. The lowest BCUT2D eigenvalue weighted by molar-refractivity contribution is 0.173. The second-order valence-electron chi connectivity index (χ2n) is 3.83. The van der Waals surface area contributed by atoms with Crippen molar-refractivity contribution in [2.75, 3.05) is 12.3 Å². The number of anilines is 1. The summed E-state index contributed by atoms with van der Waals surface area (Å²) in [5.41, 5.74) is 5.55. The predicted molar refractivity (Wildman–Crippen MR) is 57.0 cm³/mol. The van der Waals surface area contributed by atoms with Crippen LogP contribution in [0.25, 0.3) is 0 Å². The second kappa shape index (κ2) is 3.84. The number of aliphatic hydroxyl groups is 1. The molecule has 0 spiro atoms. The van der Waals surface area contributed by atoms with Crippen LogP contribution in [0.4, 0.5) is 5.13 Å². The molecule has 0 saturated carbocycles. The van der Waals surface area contributed by atoms with E-state index in [1.54, 1.807) is 0 Å². The fraction of sp³-hybridized carbons (Fsp3) is 0.667. The Kier molecular flexibility index (Phi) is 2.71. The van der Waals surface area contributed by atoms with E-state index in [2.05, 4.69) is 16.8 Å². The molecule has 3 N–H and O–H groups in total. The van der Waals surface area contributed by atoms with Crippen LogP contribution < -0.4 is 5.73 Å². The topological polar surface area (TPSA) is 62.4 Å². The number of nitrogens with zero attached hydrogens (tertiary/aromatic N) is 2. The molecule has 1 saturated heterocycles. The average Bonchev–Trinajstić information content (AvgIpc) is 2.61. The van der Waals surface area contributed by atoms with Crippen LogP contribution in [-0.2, 0) is 6.54 Å². The second-order valence-corrected chi connectivity index (χ2v) is 4.98. The highest BCUT2D eigenvalue weighted by atomic mass is 32.1. The van der Waals surface area contributed by atoms with Gasteiger partial charge in [0.25, 0.3) is 0 Å². The molecule has 5 heteroatoms. The van der Waals surface area contributed by atoms with Gasteiger partial charge in [0.15, 0.2) is 5.13 Å². The minimum absolute atomic E-state index is 0.171. The molecule has 78 valence electrons. The monoisotopic (exact) mass is 213 g/mol. The quantitative estimate of drug-likeness (QED) is 0.758. The molecule has 2 rings (SSSR count). The molecule has 1 fully saturated rings. The summed E-state index contributed by atoms with van der Waals surface area (Å²) in [5, 5.41) is 10.1. The summed E-state index contributed by atoms with van der Waals surface area (Å²) in [7, 11) is 0. The van der Waals surface area contributed by atoms with E-state index in [4.69, 9.17) is 5.73 Å². The van der Waals surface area contributed by atoms with Gasteiger partial charge in [0.1, 0.15) is 0 Å². The fourth-order valence-electron chi connectivity index (χ4n) is 1.88. The number of nitrogen functional groups attached to an aromatic ring is 1. The first kappa shape index (κ1) is 9.89. The molecular formula is C9H15N3OS. The molecule has 1 aliphatic heterocycles. The summed E-state index contributed by atoms with van der Waals surface area (Å²) in [5.74, 6) is 0. The Balaban J connectivity index is 1.98. The van der Waals surface area contributed by atoms with Crippen LogP contribution in [0.5, 0.6) is 0 Å². The molecule has 1 aromatic heterocycles. The van der Waals surface area contributed by atoms with Gasteiger partial charge in [-0.15, -0.1) is 11.3 Å². The molecule has 2 atom stereocenters. The predicted octanol–water partition coefficient (Wildman–Crippen LogP) is 0.680. The molecule has 2 unspecified atom stereocenters. The Hall–Kier alpha value is -0.650. The van der Waals surface area contributed by atoms with Crippen molar-refractivity contribution in [3.63, 3.8) is 0 Å². The van der Waals surface area contributed by atoms with Crippen molar-refractivity contribution in [3.8, 4) is 0 Å². The molecule has 1 aromatic rings. The van der Waals surface area contributed by atoms with Gasteiger partial charge in [0, 0.05) is 30.2 Å². The number of aliphatic hydroxyl groups excluding tert-OH is 1. The molecule has 1 aliphatic rings. The minimum atomic E-state index is -0.171. The molecule has 0 radical (unpaired) electrons. The van der Waals surface area contributed by atoms with Gasteiger partial charge in [0.2, 0.25) is 0 Å². The molecule has 2 heterocycles. The van der Waals surface area contributed by atoms with Gasteiger partial charge in [-0.1, -0.05) is 0 Å². The molecular weight excluding hydrogens is 198 g/mol. The summed E-state index contributed by atoms with van der Waals surface area (Å²) >= 11 is 1.52. The normalized spacial score (nSPS) is 28.4. The minimum Gasteiger partial charge on any atom is -0.392 e. The van der Waals surface area contributed by atoms with E-state index < -0.39 is 0 Å². The van der Waals surface area contributed by atoms with Crippen molar-refractivity contribution >= 4 is 16.5 Å². The highest BCUT2D eigenvalue weighted by Gasteiger charge is 2.27. The van der Waals surface area contributed by atoms with E-state index >= 15 is 0 Å². The fourth-order valence-corrected chi connectivity index (χ4v) is 2.59. The van der Waals surface area contributed by atoms with Gasteiger partial charge in [-0.3, -0.25) is 4.90 Å². The highest BCUT2D eigenvalue weighted by Crippen LogP contribution is 2.23. The molecule has 0 amide bonds. The molecule has 0 aromatic carbocycles. The number of nitrogens with two attached hydrogens (primary N) is 1. The van der Waals surface area contributed by atoms with Gasteiger partial charge in [-0.05, 0) is 13.3 Å². The average molecular weight is 213 g/mol. The van der Waals surface area contributed by atoms with Gasteiger partial charge in [0.05, 0.1) is 6.10 Å². The Morgan fingerprint density at radius 2 is 2.57 bits per heavy atom. The van der Waals surface area contributed by atoms with Gasteiger partial charge >= 0.3 is 0 Å². The van der Waals surface area contributed by atoms with Crippen molar-refractivity contribution in [3.05, 3.63) is 11.1 Å². The van der Waals surface area contributed by atoms with E-state index in [1.807, 2.05) is 6.20 Å². The van der Waals surface area contributed by atoms with Crippen molar-refractivity contribution < 1.29 is 5.11 Å². The maximum absolute atomic E-state index is 9.47. The van der Waals surface area contributed by atoms with Gasteiger partial charge in [-0.25, -0.2) is 4.98 Å². The third-order valence-corrected chi connectivity index (χ3v) is 3.42. The first-order valence-corrected chi connectivity index (χ1v) is 5.59.